The first-order valence-electron chi connectivity index (χ1n) is 8.76. The zero-order chi connectivity index (χ0) is 20.4. The van der Waals surface area contributed by atoms with Gasteiger partial charge in [-0.15, -0.1) is 0 Å². The van der Waals surface area contributed by atoms with Crippen molar-refractivity contribution in [2.24, 2.45) is 0 Å². The van der Waals surface area contributed by atoms with E-state index in [9.17, 15) is 16.8 Å². The third kappa shape index (κ3) is 4.04. The topological polar surface area (TPSA) is 85.2 Å². The first-order chi connectivity index (χ1) is 13.2. The Morgan fingerprint density at radius 1 is 0.857 bits per heavy atom. The number of hydrogen-bond acceptors (Lipinski definition) is 4. The van der Waals surface area contributed by atoms with E-state index in [-0.39, 0.29) is 22.0 Å². The highest BCUT2D eigenvalue weighted by Gasteiger charge is 2.27. The van der Waals surface area contributed by atoms with Crippen molar-refractivity contribution in [2.75, 3.05) is 6.54 Å². The van der Waals surface area contributed by atoms with E-state index < -0.39 is 20.0 Å². The fourth-order valence-electron chi connectivity index (χ4n) is 3.11. The van der Waals surface area contributed by atoms with Crippen LogP contribution in [0.1, 0.15) is 17.0 Å². The predicted octanol–water partition coefficient (Wildman–Crippen LogP) is 2.86. The lowest BCUT2D eigenvalue weighted by Crippen LogP contribution is -2.26. The van der Waals surface area contributed by atoms with E-state index in [1.807, 2.05) is 30.3 Å². The van der Waals surface area contributed by atoms with Crippen LogP contribution in [0, 0.1) is 13.8 Å². The van der Waals surface area contributed by atoms with Crippen molar-refractivity contribution in [2.45, 2.75) is 30.1 Å². The lowest BCUT2D eigenvalue weighted by atomic mass is 10.2. The van der Waals surface area contributed by atoms with E-state index in [0.717, 1.165) is 9.54 Å². The summed E-state index contributed by atoms with van der Waals surface area (Å²) in [5, 5.41) is 0. The van der Waals surface area contributed by atoms with Crippen LogP contribution in [0.4, 0.5) is 0 Å². The van der Waals surface area contributed by atoms with Gasteiger partial charge in [0, 0.05) is 12.2 Å². The van der Waals surface area contributed by atoms with Crippen LogP contribution < -0.4 is 4.72 Å². The minimum Gasteiger partial charge on any atom is -0.242 e. The summed E-state index contributed by atoms with van der Waals surface area (Å²) in [4.78, 5) is 0.0790. The van der Waals surface area contributed by atoms with Gasteiger partial charge in [-0.2, -0.15) is 0 Å². The van der Waals surface area contributed by atoms with Gasteiger partial charge in [0.15, 0.2) is 0 Å². The molecule has 0 fully saturated rings. The number of aryl methyl sites for hydroxylation is 1. The van der Waals surface area contributed by atoms with Crippen LogP contribution in [0.25, 0.3) is 0 Å². The molecular weight excluding hydrogens is 396 g/mol. The third-order valence-corrected chi connectivity index (χ3v) is 7.93. The number of nitrogens with zero attached hydrogens (tertiary/aromatic N) is 1. The van der Waals surface area contributed by atoms with E-state index in [0.29, 0.717) is 12.1 Å². The zero-order valence-corrected chi connectivity index (χ0v) is 17.3. The van der Waals surface area contributed by atoms with Crippen LogP contribution in [0.2, 0.25) is 0 Å². The normalized spacial score (nSPS) is 12.2. The van der Waals surface area contributed by atoms with Crippen LogP contribution in [-0.2, 0) is 26.5 Å². The second-order valence-electron chi connectivity index (χ2n) is 6.45. The number of aromatic nitrogens is 1. The molecule has 0 amide bonds. The van der Waals surface area contributed by atoms with Crippen molar-refractivity contribution in [3.63, 3.8) is 0 Å². The van der Waals surface area contributed by atoms with Gasteiger partial charge in [0.05, 0.1) is 10.6 Å². The minimum absolute atomic E-state index is 0.0300. The Hall–Kier alpha value is -2.42. The smallest absolute Gasteiger partial charge is 0.242 e. The van der Waals surface area contributed by atoms with E-state index in [2.05, 4.69) is 4.72 Å². The minimum atomic E-state index is -3.88. The number of benzene rings is 2. The lowest BCUT2D eigenvalue weighted by Gasteiger charge is -2.11. The summed E-state index contributed by atoms with van der Waals surface area (Å²) in [5.74, 6) is 0. The van der Waals surface area contributed by atoms with Crippen molar-refractivity contribution in [1.82, 2.24) is 8.69 Å². The number of hydrogen-bond donors (Lipinski definition) is 1. The summed E-state index contributed by atoms with van der Waals surface area (Å²) in [6.07, 6.45) is 0.543. The van der Waals surface area contributed by atoms with Gasteiger partial charge in [0.2, 0.25) is 10.0 Å². The second-order valence-corrected chi connectivity index (χ2v) is 9.97. The van der Waals surface area contributed by atoms with Crippen LogP contribution in [0.3, 0.4) is 0 Å². The molecule has 0 saturated heterocycles. The summed E-state index contributed by atoms with van der Waals surface area (Å²) in [5.41, 5.74) is 1.51. The van der Waals surface area contributed by atoms with Crippen molar-refractivity contribution < 1.29 is 16.8 Å². The molecule has 3 rings (SSSR count). The Balaban J connectivity index is 1.88. The van der Waals surface area contributed by atoms with E-state index >= 15 is 0 Å². The van der Waals surface area contributed by atoms with Crippen LogP contribution in [-0.4, -0.2) is 27.4 Å². The molecule has 1 N–H and O–H groups in total. The Morgan fingerprint density at radius 3 is 2.04 bits per heavy atom. The second kappa shape index (κ2) is 7.90. The SMILES string of the molecule is Cc1cc(S(=O)(=O)NCCc2ccccc2)c(C)n1S(=O)(=O)c1ccccc1. The fourth-order valence-corrected chi connectivity index (χ4v) is 6.10. The van der Waals surface area contributed by atoms with Crippen molar-refractivity contribution in [1.29, 1.82) is 0 Å². The van der Waals surface area contributed by atoms with E-state index in [1.165, 1.54) is 25.1 Å². The van der Waals surface area contributed by atoms with Gasteiger partial charge in [-0.1, -0.05) is 48.5 Å². The molecule has 148 valence electrons. The molecule has 0 bridgehead atoms. The van der Waals surface area contributed by atoms with Gasteiger partial charge in [-0.3, -0.25) is 0 Å². The van der Waals surface area contributed by atoms with Crippen molar-refractivity contribution >= 4 is 20.0 Å². The molecule has 0 unspecified atom stereocenters. The largest absolute Gasteiger partial charge is 0.268 e. The molecule has 0 aliphatic heterocycles. The molecule has 28 heavy (non-hydrogen) atoms. The number of rotatable bonds is 7. The predicted molar refractivity (Wildman–Crippen MR) is 108 cm³/mol. The van der Waals surface area contributed by atoms with Gasteiger partial charge < -0.3 is 0 Å². The van der Waals surface area contributed by atoms with E-state index in [1.54, 1.807) is 25.1 Å². The number of nitrogens with one attached hydrogen (secondary N) is 1. The maximum atomic E-state index is 13.0. The maximum absolute atomic E-state index is 13.0. The molecule has 1 heterocycles. The molecule has 1 aromatic heterocycles. The van der Waals surface area contributed by atoms with Crippen LogP contribution >= 0.6 is 0 Å². The van der Waals surface area contributed by atoms with Gasteiger partial charge in [0.25, 0.3) is 10.0 Å². The third-order valence-electron chi connectivity index (χ3n) is 4.44. The summed E-state index contributed by atoms with van der Waals surface area (Å²) in [6.45, 7) is 3.30. The lowest BCUT2D eigenvalue weighted by molar-refractivity contribution is 0.580. The zero-order valence-electron chi connectivity index (χ0n) is 15.7. The summed E-state index contributed by atoms with van der Waals surface area (Å²) in [6, 6.07) is 18.9. The van der Waals surface area contributed by atoms with Gasteiger partial charge in [-0.05, 0) is 44.0 Å². The molecule has 0 aliphatic rings. The first kappa shape index (κ1) is 20.3. The molecule has 0 spiro atoms. The summed E-state index contributed by atoms with van der Waals surface area (Å²) < 4.78 is 55.1. The number of sulfonamides is 1. The van der Waals surface area contributed by atoms with Gasteiger partial charge in [0.1, 0.15) is 4.90 Å². The Morgan fingerprint density at radius 2 is 1.43 bits per heavy atom. The first-order valence-corrected chi connectivity index (χ1v) is 11.7. The Labute approximate surface area is 165 Å². The molecule has 0 aliphatic carbocycles. The van der Waals surface area contributed by atoms with Crippen molar-refractivity contribution in [3.8, 4) is 0 Å². The van der Waals surface area contributed by atoms with E-state index in [4.69, 9.17) is 0 Å². The molecule has 6 nitrogen and oxygen atoms in total. The fraction of sp³-hybridized carbons (Fsp3) is 0.200. The Kier molecular flexibility index (Phi) is 5.74. The quantitative estimate of drug-likeness (QED) is 0.639. The van der Waals surface area contributed by atoms with Crippen LogP contribution in [0.5, 0.6) is 0 Å². The maximum Gasteiger partial charge on any atom is 0.268 e. The highest BCUT2D eigenvalue weighted by atomic mass is 32.2. The average molecular weight is 419 g/mol. The highest BCUT2D eigenvalue weighted by molar-refractivity contribution is 7.90. The Bertz CT molecular complexity index is 1170. The van der Waals surface area contributed by atoms with Gasteiger partial charge >= 0.3 is 0 Å². The van der Waals surface area contributed by atoms with Crippen LogP contribution in [0.15, 0.2) is 76.5 Å². The standard InChI is InChI=1S/C20H22N2O4S2/c1-16-15-20(27(23,24)21-14-13-18-9-5-3-6-10-18)17(2)22(16)28(25,26)19-11-7-4-8-12-19/h3-12,15,21H,13-14H2,1-2H3. The van der Waals surface area contributed by atoms with Gasteiger partial charge in [-0.25, -0.2) is 25.5 Å². The van der Waals surface area contributed by atoms with Crippen molar-refractivity contribution in [3.05, 3.63) is 83.7 Å². The molecule has 2 aromatic carbocycles. The molecule has 0 radical (unpaired) electrons. The average Bonchev–Trinajstić information content (AvgIpc) is 2.99. The molecular formula is C20H22N2O4S2. The summed E-state index contributed by atoms with van der Waals surface area (Å²) >= 11 is 0. The summed E-state index contributed by atoms with van der Waals surface area (Å²) in [7, 11) is -7.72. The monoisotopic (exact) mass is 418 g/mol. The molecule has 3 aromatic rings. The highest BCUT2D eigenvalue weighted by Crippen LogP contribution is 2.25. The molecule has 8 heteroatoms. The molecule has 0 atom stereocenters. The molecule has 0 saturated carbocycles.